The number of rotatable bonds is 5. The lowest BCUT2D eigenvalue weighted by atomic mass is 10.3. The van der Waals surface area contributed by atoms with E-state index in [0.29, 0.717) is 29.7 Å². The molecule has 0 unspecified atom stereocenters. The van der Waals surface area contributed by atoms with Crippen molar-refractivity contribution < 1.29 is 9.84 Å². The van der Waals surface area contributed by atoms with E-state index >= 15 is 0 Å². The van der Waals surface area contributed by atoms with Gasteiger partial charge in [-0.1, -0.05) is 35.9 Å². The van der Waals surface area contributed by atoms with Crippen molar-refractivity contribution in [1.82, 2.24) is 9.55 Å². The van der Waals surface area contributed by atoms with Gasteiger partial charge >= 0.3 is 0 Å². The van der Waals surface area contributed by atoms with E-state index in [1.54, 1.807) is 6.07 Å². The van der Waals surface area contributed by atoms with Crippen LogP contribution in [0.1, 0.15) is 5.82 Å². The maximum absolute atomic E-state index is 9.43. The molecule has 1 N–H and O–H groups in total. The molecule has 0 aliphatic carbocycles. The van der Waals surface area contributed by atoms with Crippen LogP contribution in [0.4, 0.5) is 0 Å². The molecular weight excluding hydrogens is 288 g/mol. The van der Waals surface area contributed by atoms with Gasteiger partial charge in [-0.05, 0) is 24.3 Å². The topological polar surface area (TPSA) is 47.3 Å². The zero-order chi connectivity index (χ0) is 14.7. The van der Waals surface area contributed by atoms with Crippen LogP contribution in [0, 0.1) is 0 Å². The molecule has 1 aromatic heterocycles. The van der Waals surface area contributed by atoms with Crippen molar-refractivity contribution in [1.29, 1.82) is 0 Å². The van der Waals surface area contributed by atoms with Crippen molar-refractivity contribution >= 4 is 22.6 Å². The second-order valence-electron chi connectivity index (χ2n) is 4.61. The minimum absolute atomic E-state index is 0.0965. The first-order valence-corrected chi connectivity index (χ1v) is 7.09. The second-order valence-corrected chi connectivity index (χ2v) is 5.01. The van der Waals surface area contributed by atoms with Crippen LogP contribution < -0.4 is 4.74 Å². The second kappa shape index (κ2) is 6.16. The van der Waals surface area contributed by atoms with E-state index in [2.05, 4.69) is 4.98 Å². The van der Waals surface area contributed by atoms with Gasteiger partial charge in [0.1, 0.15) is 24.8 Å². The first-order valence-electron chi connectivity index (χ1n) is 6.72. The van der Waals surface area contributed by atoms with Gasteiger partial charge in [-0.2, -0.15) is 0 Å². The Hall–Kier alpha value is -2.04. The fourth-order valence-electron chi connectivity index (χ4n) is 2.30. The van der Waals surface area contributed by atoms with E-state index in [-0.39, 0.29) is 6.61 Å². The van der Waals surface area contributed by atoms with Crippen molar-refractivity contribution in [3.63, 3.8) is 0 Å². The SMILES string of the molecule is OCc1nc2ccccc2n1CCOc1ccccc1Cl. The third-order valence-corrected chi connectivity index (χ3v) is 3.60. The Labute approximate surface area is 127 Å². The summed E-state index contributed by atoms with van der Waals surface area (Å²) < 4.78 is 7.66. The fourth-order valence-corrected chi connectivity index (χ4v) is 2.49. The molecule has 5 heteroatoms. The lowest BCUT2D eigenvalue weighted by Crippen LogP contribution is -2.11. The van der Waals surface area contributed by atoms with Crippen LogP contribution in [-0.4, -0.2) is 21.3 Å². The Bertz CT molecular complexity index is 755. The predicted molar refractivity (Wildman–Crippen MR) is 82.6 cm³/mol. The van der Waals surface area contributed by atoms with Gasteiger partial charge in [0.05, 0.1) is 22.6 Å². The Morgan fingerprint density at radius 2 is 1.86 bits per heavy atom. The molecule has 3 aromatic rings. The van der Waals surface area contributed by atoms with Gasteiger partial charge < -0.3 is 14.4 Å². The van der Waals surface area contributed by atoms with E-state index in [1.165, 1.54) is 0 Å². The monoisotopic (exact) mass is 302 g/mol. The maximum atomic E-state index is 9.43. The summed E-state index contributed by atoms with van der Waals surface area (Å²) in [6.45, 7) is 0.958. The highest BCUT2D eigenvalue weighted by atomic mass is 35.5. The minimum atomic E-state index is -0.0965. The van der Waals surface area contributed by atoms with E-state index in [0.717, 1.165) is 11.0 Å². The number of imidazole rings is 1. The predicted octanol–water partition coefficient (Wildman–Crippen LogP) is 3.26. The molecule has 0 saturated heterocycles. The van der Waals surface area contributed by atoms with Gasteiger partial charge in [0.15, 0.2) is 0 Å². The van der Waals surface area contributed by atoms with Crippen LogP contribution >= 0.6 is 11.6 Å². The third kappa shape index (κ3) is 2.86. The molecule has 0 atom stereocenters. The summed E-state index contributed by atoms with van der Waals surface area (Å²) in [5, 5.41) is 10.0. The van der Waals surface area contributed by atoms with Gasteiger partial charge in [-0.3, -0.25) is 0 Å². The van der Waals surface area contributed by atoms with E-state index in [1.807, 2.05) is 47.0 Å². The van der Waals surface area contributed by atoms with Crippen LogP contribution in [0.2, 0.25) is 5.02 Å². The number of nitrogens with zero attached hydrogens (tertiary/aromatic N) is 2. The highest BCUT2D eigenvalue weighted by Crippen LogP contribution is 2.23. The first-order chi connectivity index (χ1) is 10.3. The zero-order valence-corrected chi connectivity index (χ0v) is 12.1. The average Bonchev–Trinajstić information content (AvgIpc) is 2.87. The number of fused-ring (bicyclic) bond motifs is 1. The number of hydrogen-bond donors (Lipinski definition) is 1. The molecule has 2 aromatic carbocycles. The largest absolute Gasteiger partial charge is 0.490 e. The Balaban J connectivity index is 1.77. The molecule has 0 bridgehead atoms. The number of aliphatic hydroxyl groups is 1. The molecule has 0 amide bonds. The summed E-state index contributed by atoms with van der Waals surface area (Å²) in [6, 6.07) is 15.2. The fraction of sp³-hybridized carbons (Fsp3) is 0.188. The molecule has 0 fully saturated rings. The molecule has 21 heavy (non-hydrogen) atoms. The highest BCUT2D eigenvalue weighted by Gasteiger charge is 2.09. The van der Waals surface area contributed by atoms with Gasteiger partial charge in [0, 0.05) is 0 Å². The first kappa shape index (κ1) is 13.9. The van der Waals surface area contributed by atoms with Crippen molar-refractivity contribution in [3.8, 4) is 5.75 Å². The number of para-hydroxylation sites is 3. The summed E-state index contributed by atoms with van der Waals surface area (Å²) in [6.07, 6.45) is 0. The van der Waals surface area contributed by atoms with Gasteiger partial charge in [-0.25, -0.2) is 4.98 Å². The van der Waals surface area contributed by atoms with E-state index in [9.17, 15) is 5.11 Å². The summed E-state index contributed by atoms with van der Waals surface area (Å²) in [4.78, 5) is 4.41. The lowest BCUT2D eigenvalue weighted by molar-refractivity contribution is 0.255. The molecule has 0 radical (unpaired) electrons. The van der Waals surface area contributed by atoms with Crippen molar-refractivity contribution in [2.24, 2.45) is 0 Å². The molecule has 0 aliphatic rings. The van der Waals surface area contributed by atoms with Gasteiger partial charge in [0.2, 0.25) is 0 Å². The highest BCUT2D eigenvalue weighted by molar-refractivity contribution is 6.32. The smallest absolute Gasteiger partial charge is 0.137 e. The summed E-state index contributed by atoms with van der Waals surface area (Å²) in [5.41, 5.74) is 1.86. The van der Waals surface area contributed by atoms with Gasteiger partial charge in [0.25, 0.3) is 0 Å². The van der Waals surface area contributed by atoms with Crippen molar-refractivity contribution in [2.45, 2.75) is 13.2 Å². The Morgan fingerprint density at radius 1 is 1.10 bits per heavy atom. The number of aliphatic hydroxyl groups excluding tert-OH is 1. The normalized spacial score (nSPS) is 11.0. The van der Waals surface area contributed by atoms with Crippen LogP contribution in [0.25, 0.3) is 11.0 Å². The third-order valence-electron chi connectivity index (χ3n) is 3.28. The van der Waals surface area contributed by atoms with Crippen LogP contribution in [0.3, 0.4) is 0 Å². The summed E-state index contributed by atoms with van der Waals surface area (Å²) in [7, 11) is 0. The Morgan fingerprint density at radius 3 is 2.67 bits per heavy atom. The molecule has 1 heterocycles. The summed E-state index contributed by atoms with van der Waals surface area (Å²) >= 11 is 6.05. The molecule has 3 rings (SSSR count). The Kier molecular flexibility index (Phi) is 4.08. The van der Waals surface area contributed by atoms with Gasteiger partial charge in [-0.15, -0.1) is 0 Å². The molecule has 108 valence electrons. The number of aromatic nitrogens is 2. The molecular formula is C16H15ClN2O2. The standard InChI is InChI=1S/C16H15ClN2O2/c17-12-5-1-4-8-15(12)21-10-9-19-14-7-3-2-6-13(14)18-16(19)11-20/h1-8,20H,9-11H2. The van der Waals surface area contributed by atoms with Crippen LogP contribution in [-0.2, 0) is 13.2 Å². The van der Waals surface area contributed by atoms with E-state index < -0.39 is 0 Å². The molecule has 0 spiro atoms. The molecule has 4 nitrogen and oxygen atoms in total. The quantitative estimate of drug-likeness (QED) is 0.787. The minimum Gasteiger partial charge on any atom is -0.490 e. The number of halogens is 1. The maximum Gasteiger partial charge on any atom is 0.137 e. The summed E-state index contributed by atoms with van der Waals surface area (Å²) in [5.74, 6) is 1.30. The molecule has 0 saturated carbocycles. The number of benzene rings is 2. The van der Waals surface area contributed by atoms with Crippen LogP contribution in [0.15, 0.2) is 48.5 Å². The van der Waals surface area contributed by atoms with Crippen molar-refractivity contribution in [2.75, 3.05) is 6.61 Å². The average molecular weight is 303 g/mol. The lowest BCUT2D eigenvalue weighted by Gasteiger charge is -2.10. The van der Waals surface area contributed by atoms with Crippen LogP contribution in [0.5, 0.6) is 5.75 Å². The number of hydrogen-bond acceptors (Lipinski definition) is 3. The van der Waals surface area contributed by atoms with E-state index in [4.69, 9.17) is 16.3 Å². The zero-order valence-electron chi connectivity index (χ0n) is 11.4. The molecule has 0 aliphatic heterocycles. The van der Waals surface area contributed by atoms with Crippen molar-refractivity contribution in [3.05, 3.63) is 59.4 Å². The number of ether oxygens (including phenoxy) is 1.